The van der Waals surface area contributed by atoms with E-state index in [0.29, 0.717) is 28.9 Å². The van der Waals surface area contributed by atoms with Crippen LogP contribution < -0.4 is 0 Å². The third kappa shape index (κ3) is 2.58. The van der Waals surface area contributed by atoms with Gasteiger partial charge in [0.15, 0.2) is 5.78 Å². The van der Waals surface area contributed by atoms with Crippen LogP contribution in [0.2, 0.25) is 0 Å². The number of Topliss-reactive ketones (excluding diaryl/α,β-unsaturated/α-hetero) is 2. The van der Waals surface area contributed by atoms with Crippen molar-refractivity contribution < 1.29 is 16.7 Å². The van der Waals surface area contributed by atoms with Crippen molar-refractivity contribution in [3.8, 4) is 0 Å². The molecule has 4 aliphatic carbocycles. The Kier molecular flexibility index (Phi) is 3.29. The van der Waals surface area contributed by atoms with E-state index in [1.54, 1.807) is 23.8 Å². The van der Waals surface area contributed by atoms with Crippen molar-refractivity contribution in [1.29, 1.82) is 0 Å². The maximum atomic E-state index is 13.8. The average molecular weight is 440 g/mol. The lowest BCUT2D eigenvalue weighted by Gasteiger charge is -2.73. The van der Waals surface area contributed by atoms with Gasteiger partial charge >= 0.3 is 0 Å². The number of carbonyl (C=O) groups excluding carboxylic acids is 2. The number of fused-ring (bicyclic) bond motifs is 2. The number of nitrogens with zero attached hydrogens (tertiary/aromatic N) is 1. The summed E-state index contributed by atoms with van der Waals surface area (Å²) in [6, 6.07) is 16.7. The quantitative estimate of drug-likeness (QED) is 0.307. The van der Waals surface area contributed by atoms with Crippen LogP contribution in [0.3, 0.4) is 0 Å². The van der Waals surface area contributed by atoms with E-state index in [4.69, 9.17) is 7.16 Å². The van der Waals surface area contributed by atoms with Crippen LogP contribution in [0.4, 0.5) is 0 Å². The van der Waals surface area contributed by atoms with Crippen LogP contribution in [-0.4, -0.2) is 16.1 Å². The highest BCUT2D eigenvalue weighted by molar-refractivity contribution is 6.07. The molecule has 2 bridgehead atoms. The van der Waals surface area contributed by atoms with E-state index >= 15 is 0 Å². The Morgan fingerprint density at radius 3 is 2.52 bits per heavy atom. The van der Waals surface area contributed by atoms with Crippen LogP contribution in [0, 0.1) is 16.2 Å². The second-order valence-electron chi connectivity index (χ2n) is 10.7. The molecule has 0 spiro atoms. The minimum Gasteiger partial charge on any atom is -0.459 e. The van der Waals surface area contributed by atoms with Crippen molar-refractivity contribution in [2.45, 2.75) is 51.9 Å². The van der Waals surface area contributed by atoms with Crippen LogP contribution in [0.25, 0.3) is 21.9 Å². The fourth-order valence-corrected chi connectivity index (χ4v) is 6.84. The monoisotopic (exact) mass is 439 g/mol. The Bertz CT molecular complexity index is 1500. The maximum absolute atomic E-state index is 13.8. The molecule has 2 aromatic heterocycles. The van der Waals surface area contributed by atoms with Gasteiger partial charge < -0.3 is 8.98 Å². The summed E-state index contributed by atoms with van der Waals surface area (Å²) in [4.78, 5) is 25.8. The largest absolute Gasteiger partial charge is 0.459 e. The molecule has 0 N–H and O–H groups in total. The number of carbonyl (C=O) groups is 2. The van der Waals surface area contributed by atoms with Crippen molar-refractivity contribution in [1.82, 2.24) is 4.57 Å². The van der Waals surface area contributed by atoms with Crippen LogP contribution in [0.1, 0.15) is 64.3 Å². The highest BCUT2D eigenvalue weighted by Crippen LogP contribution is 2.85. The maximum Gasteiger partial charge on any atom is 0.165 e. The van der Waals surface area contributed by atoms with Gasteiger partial charge in [-0.1, -0.05) is 30.3 Å². The Morgan fingerprint density at radius 1 is 1.03 bits per heavy atom. The summed E-state index contributed by atoms with van der Waals surface area (Å²) in [6.07, 6.45) is 7.10. The van der Waals surface area contributed by atoms with Gasteiger partial charge in [-0.3, -0.25) is 9.59 Å². The Hall–Kier alpha value is -3.14. The zero-order chi connectivity index (χ0) is 24.2. The number of aromatic nitrogens is 1. The molecule has 4 heteroatoms. The first-order valence-corrected chi connectivity index (χ1v) is 11.8. The Labute approximate surface area is 195 Å². The molecular formula is C29H27NO3. The SMILES string of the molecule is [2H]C([2H])(c1cc2ccccc2o1)n1ccc2cccc(C(=O)CC3(C45CC(C(C)=O)(C4)C5)CC3)c21. The number of rotatable bonds is 7. The van der Waals surface area contributed by atoms with Crippen molar-refractivity contribution in [2.24, 2.45) is 16.2 Å². The van der Waals surface area contributed by atoms with Crippen molar-refractivity contribution in [3.63, 3.8) is 0 Å². The number of furan rings is 1. The lowest BCUT2D eigenvalue weighted by Crippen LogP contribution is -2.68. The number of para-hydroxylation sites is 2. The van der Waals surface area contributed by atoms with Gasteiger partial charge in [0.2, 0.25) is 0 Å². The van der Waals surface area contributed by atoms with Gasteiger partial charge in [-0.2, -0.15) is 0 Å². The fourth-order valence-electron chi connectivity index (χ4n) is 6.84. The minimum absolute atomic E-state index is 0.0125. The zero-order valence-electron chi connectivity index (χ0n) is 20.7. The van der Waals surface area contributed by atoms with Gasteiger partial charge in [0.05, 0.1) is 14.8 Å². The Morgan fingerprint density at radius 2 is 1.79 bits per heavy atom. The van der Waals surface area contributed by atoms with Gasteiger partial charge in [-0.25, -0.2) is 0 Å². The van der Waals surface area contributed by atoms with E-state index in [2.05, 4.69) is 0 Å². The van der Waals surface area contributed by atoms with Crippen LogP contribution in [0.5, 0.6) is 0 Å². The number of hydrogen-bond acceptors (Lipinski definition) is 3. The molecule has 33 heavy (non-hydrogen) atoms. The predicted molar refractivity (Wildman–Crippen MR) is 127 cm³/mol. The van der Waals surface area contributed by atoms with Crippen molar-refractivity contribution in [2.75, 3.05) is 0 Å². The summed E-state index contributed by atoms with van der Waals surface area (Å²) in [6.45, 7) is -0.255. The summed E-state index contributed by atoms with van der Waals surface area (Å²) in [7, 11) is 0. The molecule has 0 radical (unpaired) electrons. The summed E-state index contributed by atoms with van der Waals surface area (Å²) in [5.74, 6) is 0.576. The Balaban J connectivity index is 1.24. The molecule has 0 saturated heterocycles. The molecule has 2 aromatic carbocycles. The zero-order valence-corrected chi connectivity index (χ0v) is 18.7. The van der Waals surface area contributed by atoms with E-state index in [9.17, 15) is 9.59 Å². The smallest absolute Gasteiger partial charge is 0.165 e. The van der Waals surface area contributed by atoms with Crippen molar-refractivity contribution in [3.05, 3.63) is 72.1 Å². The minimum atomic E-state index is -1.96. The molecule has 0 amide bonds. The topological polar surface area (TPSA) is 52.2 Å². The van der Waals surface area contributed by atoms with E-state index in [0.717, 1.165) is 42.9 Å². The molecule has 0 atom stereocenters. The molecule has 4 aliphatic rings. The summed E-state index contributed by atoms with van der Waals surface area (Å²) < 4.78 is 25.4. The van der Waals surface area contributed by atoms with Gasteiger partial charge in [0, 0.05) is 34.4 Å². The molecule has 8 rings (SSSR count). The molecule has 0 unspecified atom stereocenters. The van der Waals surface area contributed by atoms with E-state index < -0.39 is 6.50 Å². The molecule has 4 aromatic rings. The van der Waals surface area contributed by atoms with Gasteiger partial charge in [0.25, 0.3) is 0 Å². The normalized spacial score (nSPS) is 28.0. The number of ketones is 2. The van der Waals surface area contributed by atoms with Gasteiger partial charge in [0.1, 0.15) is 17.1 Å². The first-order chi connectivity index (χ1) is 16.7. The molecule has 4 fully saturated rings. The van der Waals surface area contributed by atoms with E-state index in [1.165, 1.54) is 0 Å². The fraction of sp³-hybridized carbons (Fsp3) is 0.379. The second-order valence-corrected chi connectivity index (χ2v) is 10.7. The highest BCUT2D eigenvalue weighted by atomic mass is 16.3. The third-order valence-corrected chi connectivity index (χ3v) is 8.92. The predicted octanol–water partition coefficient (Wildman–Crippen LogP) is 6.55. The molecule has 0 aliphatic heterocycles. The highest BCUT2D eigenvalue weighted by Gasteiger charge is 2.79. The molecule has 2 heterocycles. The van der Waals surface area contributed by atoms with E-state index in [-0.39, 0.29) is 27.8 Å². The van der Waals surface area contributed by atoms with Crippen LogP contribution in [0.15, 0.2) is 65.2 Å². The van der Waals surface area contributed by atoms with E-state index in [1.807, 2.05) is 48.5 Å². The summed E-state index contributed by atoms with van der Waals surface area (Å²) in [5, 5.41) is 1.68. The van der Waals surface area contributed by atoms with Gasteiger partial charge in [-0.05, 0) is 74.1 Å². The first kappa shape index (κ1) is 17.4. The molecule has 166 valence electrons. The standard InChI is InChI=1S/C29H27NO3/c1-19(31)27-16-29(17-27,18-27)28(10-11-28)14-24(32)23-7-4-6-20-9-12-30(26(20)23)15-22-13-21-5-2-3-8-25(21)33-22/h2-9,12-13H,10-11,14-18H2,1H3/i15D2. The molecule has 4 saturated carbocycles. The van der Waals surface area contributed by atoms with Gasteiger partial charge in [-0.15, -0.1) is 0 Å². The van der Waals surface area contributed by atoms with Crippen LogP contribution >= 0.6 is 0 Å². The molecule has 4 nitrogen and oxygen atoms in total. The third-order valence-electron chi connectivity index (χ3n) is 8.92. The number of benzene rings is 2. The molecular weight excluding hydrogens is 410 g/mol. The average Bonchev–Trinajstić information content (AvgIpc) is 3.21. The first-order valence-electron chi connectivity index (χ1n) is 12.8. The van der Waals surface area contributed by atoms with Crippen LogP contribution in [-0.2, 0) is 11.3 Å². The van der Waals surface area contributed by atoms with Crippen molar-refractivity contribution >= 4 is 33.4 Å². The second kappa shape index (κ2) is 6.25. The number of hydrogen-bond donors (Lipinski definition) is 0. The lowest BCUT2D eigenvalue weighted by molar-refractivity contribution is -0.233. The summed E-state index contributed by atoms with van der Waals surface area (Å²) >= 11 is 0. The lowest BCUT2D eigenvalue weighted by atomic mass is 9.30. The summed E-state index contributed by atoms with van der Waals surface area (Å²) in [5.41, 5.74) is 1.88.